The number of hydrogen-bond acceptors (Lipinski definition) is 4. The summed E-state index contributed by atoms with van der Waals surface area (Å²) in [6.45, 7) is 5.08. The minimum atomic E-state index is 0.773. The molecule has 3 nitrogen and oxygen atoms in total. The zero-order valence-corrected chi connectivity index (χ0v) is 12.3. The highest BCUT2D eigenvalue weighted by molar-refractivity contribution is 7.99. The third kappa shape index (κ3) is 4.32. The van der Waals surface area contributed by atoms with Crippen molar-refractivity contribution in [3.8, 4) is 0 Å². The minimum absolute atomic E-state index is 0.773. The van der Waals surface area contributed by atoms with Crippen LogP contribution in [-0.2, 0) is 0 Å². The molecule has 0 spiro atoms. The lowest BCUT2D eigenvalue weighted by Crippen LogP contribution is -2.31. The van der Waals surface area contributed by atoms with Gasteiger partial charge in [0.15, 0.2) is 0 Å². The van der Waals surface area contributed by atoms with E-state index in [0.29, 0.717) is 0 Å². The molecule has 0 unspecified atom stereocenters. The van der Waals surface area contributed by atoms with Crippen LogP contribution in [0.1, 0.15) is 50.0 Å². The molecule has 0 radical (unpaired) electrons. The fourth-order valence-corrected chi connectivity index (χ4v) is 3.20. The number of oxazole rings is 1. The van der Waals surface area contributed by atoms with Gasteiger partial charge in [-0.15, -0.1) is 0 Å². The van der Waals surface area contributed by atoms with Crippen LogP contribution in [0, 0.1) is 13.8 Å². The fraction of sp³-hybridized carbons (Fsp3) is 0.786. The van der Waals surface area contributed by atoms with Crippen molar-refractivity contribution < 1.29 is 4.42 Å². The van der Waals surface area contributed by atoms with Crippen LogP contribution in [0.4, 0.5) is 0 Å². The van der Waals surface area contributed by atoms with Gasteiger partial charge in [-0.05, 0) is 39.7 Å². The third-order valence-corrected chi connectivity index (χ3v) is 4.51. The number of nitrogens with one attached hydrogen (secondary N) is 1. The van der Waals surface area contributed by atoms with Gasteiger partial charge in [0.2, 0.25) is 0 Å². The Morgan fingerprint density at radius 3 is 2.72 bits per heavy atom. The van der Waals surface area contributed by atoms with Gasteiger partial charge in [0.25, 0.3) is 5.22 Å². The Hall–Kier alpha value is -0.480. The van der Waals surface area contributed by atoms with Crippen molar-refractivity contribution in [3.63, 3.8) is 0 Å². The van der Waals surface area contributed by atoms with E-state index >= 15 is 0 Å². The van der Waals surface area contributed by atoms with E-state index in [2.05, 4.69) is 10.3 Å². The van der Waals surface area contributed by atoms with E-state index in [-0.39, 0.29) is 0 Å². The van der Waals surface area contributed by atoms with Crippen molar-refractivity contribution in [1.29, 1.82) is 0 Å². The average molecular weight is 268 g/mol. The lowest BCUT2D eigenvalue weighted by Gasteiger charge is -2.22. The Balaban J connectivity index is 1.55. The molecule has 1 aliphatic rings. The first kappa shape index (κ1) is 13.9. The summed E-state index contributed by atoms with van der Waals surface area (Å²) in [6.07, 6.45) is 8.15. The van der Waals surface area contributed by atoms with E-state index in [9.17, 15) is 0 Å². The molecule has 1 saturated carbocycles. The molecule has 102 valence electrons. The molecule has 0 amide bonds. The summed E-state index contributed by atoms with van der Waals surface area (Å²) < 4.78 is 5.54. The first-order valence-corrected chi connectivity index (χ1v) is 8.04. The summed E-state index contributed by atoms with van der Waals surface area (Å²) in [5.74, 6) is 2.02. The van der Waals surface area contributed by atoms with Gasteiger partial charge in [-0.25, -0.2) is 4.98 Å². The summed E-state index contributed by atoms with van der Waals surface area (Å²) >= 11 is 1.72. The van der Waals surface area contributed by atoms with E-state index in [0.717, 1.165) is 35.0 Å². The molecule has 1 fully saturated rings. The maximum atomic E-state index is 5.54. The van der Waals surface area contributed by atoms with Crippen LogP contribution in [0.3, 0.4) is 0 Å². The van der Waals surface area contributed by atoms with Crippen LogP contribution in [-0.4, -0.2) is 23.3 Å². The first-order valence-electron chi connectivity index (χ1n) is 7.06. The van der Waals surface area contributed by atoms with Crippen molar-refractivity contribution in [1.82, 2.24) is 10.3 Å². The van der Waals surface area contributed by atoms with Crippen molar-refractivity contribution in [2.24, 2.45) is 0 Å². The first-order chi connectivity index (χ1) is 8.75. The van der Waals surface area contributed by atoms with E-state index in [1.165, 1.54) is 38.5 Å². The Morgan fingerprint density at radius 1 is 1.28 bits per heavy atom. The molecule has 0 aliphatic heterocycles. The molecule has 0 saturated heterocycles. The highest BCUT2D eigenvalue weighted by Gasteiger charge is 2.12. The van der Waals surface area contributed by atoms with Crippen LogP contribution in [0.15, 0.2) is 9.64 Å². The third-order valence-electron chi connectivity index (χ3n) is 3.59. The quantitative estimate of drug-likeness (QED) is 0.630. The second-order valence-electron chi connectivity index (χ2n) is 5.11. The van der Waals surface area contributed by atoms with Crippen molar-refractivity contribution in [2.45, 2.75) is 63.6 Å². The molecular weight excluding hydrogens is 244 g/mol. The summed E-state index contributed by atoms with van der Waals surface area (Å²) in [5.41, 5.74) is 1.01. The summed E-state index contributed by atoms with van der Waals surface area (Å²) in [6, 6.07) is 0.773. The summed E-state index contributed by atoms with van der Waals surface area (Å²) in [5, 5.41) is 4.48. The Kier molecular flexibility index (Phi) is 5.57. The molecule has 1 N–H and O–H groups in total. The van der Waals surface area contributed by atoms with Gasteiger partial charge < -0.3 is 9.73 Å². The zero-order valence-electron chi connectivity index (χ0n) is 11.5. The van der Waals surface area contributed by atoms with Gasteiger partial charge in [-0.2, -0.15) is 0 Å². The highest BCUT2D eigenvalue weighted by atomic mass is 32.2. The Bertz CT molecular complexity index is 339. The number of aryl methyl sites for hydroxylation is 2. The fourth-order valence-electron chi connectivity index (χ4n) is 2.35. The minimum Gasteiger partial charge on any atom is -0.437 e. The monoisotopic (exact) mass is 268 g/mol. The molecule has 0 aromatic carbocycles. The molecule has 0 bridgehead atoms. The van der Waals surface area contributed by atoms with Gasteiger partial charge in [0, 0.05) is 11.8 Å². The maximum absolute atomic E-state index is 5.54. The van der Waals surface area contributed by atoms with E-state index < -0.39 is 0 Å². The number of rotatable bonds is 6. The molecule has 2 rings (SSSR count). The number of nitrogens with zero attached hydrogens (tertiary/aromatic N) is 1. The van der Waals surface area contributed by atoms with E-state index in [1.807, 2.05) is 13.8 Å². The maximum Gasteiger partial charge on any atom is 0.256 e. The summed E-state index contributed by atoms with van der Waals surface area (Å²) in [4.78, 5) is 4.37. The molecule has 1 aromatic rings. The highest BCUT2D eigenvalue weighted by Crippen LogP contribution is 2.21. The largest absolute Gasteiger partial charge is 0.437 e. The molecule has 18 heavy (non-hydrogen) atoms. The van der Waals surface area contributed by atoms with Crippen molar-refractivity contribution >= 4 is 11.8 Å². The molecule has 1 aromatic heterocycles. The van der Waals surface area contributed by atoms with Crippen LogP contribution in [0.2, 0.25) is 0 Å². The van der Waals surface area contributed by atoms with Crippen LogP contribution < -0.4 is 5.32 Å². The van der Waals surface area contributed by atoms with E-state index in [4.69, 9.17) is 4.42 Å². The Labute approximate surface area is 114 Å². The van der Waals surface area contributed by atoms with Crippen LogP contribution in [0.25, 0.3) is 0 Å². The molecule has 1 heterocycles. The van der Waals surface area contributed by atoms with Gasteiger partial charge in [0.1, 0.15) is 5.76 Å². The van der Waals surface area contributed by atoms with Gasteiger partial charge in [-0.3, -0.25) is 0 Å². The van der Waals surface area contributed by atoms with Gasteiger partial charge in [0.05, 0.1) is 5.69 Å². The predicted octanol–water partition coefficient (Wildman–Crippen LogP) is 3.70. The lowest BCUT2D eigenvalue weighted by molar-refractivity contribution is 0.374. The van der Waals surface area contributed by atoms with Gasteiger partial charge in [-0.1, -0.05) is 31.0 Å². The topological polar surface area (TPSA) is 38.1 Å². The van der Waals surface area contributed by atoms with E-state index in [1.54, 1.807) is 11.8 Å². The summed E-state index contributed by atoms with van der Waals surface area (Å²) in [7, 11) is 0. The molecule has 1 aliphatic carbocycles. The van der Waals surface area contributed by atoms with Crippen molar-refractivity contribution in [2.75, 3.05) is 12.3 Å². The predicted molar refractivity (Wildman–Crippen MR) is 76.2 cm³/mol. The van der Waals surface area contributed by atoms with Crippen LogP contribution >= 0.6 is 11.8 Å². The number of aromatic nitrogens is 1. The Morgan fingerprint density at radius 2 is 2.06 bits per heavy atom. The smallest absolute Gasteiger partial charge is 0.256 e. The average Bonchev–Trinajstić information content (AvgIpc) is 2.70. The number of hydrogen-bond donors (Lipinski definition) is 1. The normalized spacial score (nSPS) is 17.2. The second-order valence-corrected chi connectivity index (χ2v) is 6.16. The SMILES string of the molecule is Cc1nc(SCCCNC2CCCCC2)oc1C. The molecule has 0 atom stereocenters. The van der Waals surface area contributed by atoms with Gasteiger partial charge >= 0.3 is 0 Å². The zero-order chi connectivity index (χ0) is 12.8. The molecular formula is C14H24N2OS. The standard InChI is InChI=1S/C14H24N2OS/c1-11-12(2)17-14(16-11)18-10-6-9-15-13-7-4-3-5-8-13/h13,15H,3-10H2,1-2H3. The lowest BCUT2D eigenvalue weighted by atomic mass is 9.95. The van der Waals surface area contributed by atoms with Crippen molar-refractivity contribution in [3.05, 3.63) is 11.5 Å². The second kappa shape index (κ2) is 7.19. The van der Waals surface area contributed by atoms with Crippen LogP contribution in [0.5, 0.6) is 0 Å². The number of thioether (sulfide) groups is 1. The molecule has 4 heteroatoms.